The van der Waals surface area contributed by atoms with E-state index in [9.17, 15) is 13.2 Å². The number of hydrogen-bond donors (Lipinski definition) is 0. The second-order valence-electron chi connectivity index (χ2n) is 2.73. The van der Waals surface area contributed by atoms with E-state index in [0.717, 1.165) is 6.07 Å². The first-order valence-corrected chi connectivity index (χ1v) is 5.38. The Labute approximate surface area is 103 Å². The van der Waals surface area contributed by atoms with Crippen molar-refractivity contribution in [2.75, 3.05) is 0 Å². The van der Waals surface area contributed by atoms with E-state index in [1.807, 2.05) is 0 Å². The summed E-state index contributed by atoms with van der Waals surface area (Å²) >= 11 is 14.2. The average molecular weight is 321 g/mol. The largest absolute Gasteiger partial charge is 0.417 e. The molecule has 0 atom stereocenters. The molecule has 0 heterocycles. The van der Waals surface area contributed by atoms with E-state index in [1.54, 1.807) is 13.3 Å². The van der Waals surface area contributed by atoms with Gasteiger partial charge in [-0.1, -0.05) is 30.1 Å². The van der Waals surface area contributed by atoms with Crippen molar-refractivity contribution in [3.8, 4) is 0 Å². The lowest BCUT2D eigenvalue weighted by Gasteiger charge is -2.14. The van der Waals surface area contributed by atoms with Crippen LogP contribution in [0.3, 0.4) is 0 Å². The van der Waals surface area contributed by atoms with Gasteiger partial charge in [0.25, 0.3) is 0 Å². The molecule has 0 nitrogen and oxygen atoms in total. The molecule has 0 aliphatic heterocycles. The summed E-state index contributed by atoms with van der Waals surface area (Å²) < 4.78 is 37.3. The Morgan fingerprint density at radius 3 is 2.27 bits per heavy atom. The highest BCUT2D eigenvalue weighted by Crippen LogP contribution is 2.42. The molecule has 15 heavy (non-hydrogen) atoms. The molecule has 1 aromatic rings. The van der Waals surface area contributed by atoms with Crippen molar-refractivity contribution in [2.45, 2.75) is 13.1 Å². The van der Waals surface area contributed by atoms with Gasteiger partial charge in [0, 0.05) is 9.50 Å². The van der Waals surface area contributed by atoms with Gasteiger partial charge in [-0.25, -0.2) is 0 Å². The fourth-order valence-corrected chi connectivity index (χ4v) is 2.31. The Morgan fingerprint density at radius 1 is 1.33 bits per heavy atom. The van der Waals surface area contributed by atoms with E-state index >= 15 is 0 Å². The Hall–Kier alpha value is 0.0700. The van der Waals surface area contributed by atoms with Gasteiger partial charge >= 0.3 is 6.18 Å². The molecule has 83 valence electrons. The second kappa shape index (κ2) is 4.52. The number of alkyl halides is 3. The summed E-state index contributed by atoms with van der Waals surface area (Å²) in [6, 6.07) is 0.854. The van der Waals surface area contributed by atoms with Crippen LogP contribution in [0.25, 0.3) is 0 Å². The van der Waals surface area contributed by atoms with Gasteiger partial charge in [-0.3, -0.25) is 0 Å². The molecular weight excluding hydrogens is 316 g/mol. The zero-order valence-corrected chi connectivity index (χ0v) is 10.5. The zero-order chi connectivity index (χ0) is 11.8. The summed E-state index contributed by atoms with van der Waals surface area (Å²) in [6.07, 6.45) is -2.92. The maximum atomic E-state index is 12.5. The summed E-state index contributed by atoms with van der Waals surface area (Å²) in [6.45, 7) is 1.65. The molecule has 1 aromatic carbocycles. The van der Waals surface area contributed by atoms with Crippen LogP contribution in [0.5, 0.6) is 0 Å². The maximum absolute atomic E-state index is 12.5. The SMILES string of the molecule is C[CH]c1c(Cl)cc(C(F)(F)F)c(Br)c1Cl. The van der Waals surface area contributed by atoms with Gasteiger partial charge in [-0.2, -0.15) is 13.2 Å². The molecule has 0 saturated carbocycles. The third kappa shape index (κ3) is 2.60. The molecule has 0 bridgehead atoms. The highest BCUT2D eigenvalue weighted by atomic mass is 79.9. The van der Waals surface area contributed by atoms with Crippen molar-refractivity contribution < 1.29 is 13.2 Å². The van der Waals surface area contributed by atoms with Crippen LogP contribution in [0.15, 0.2) is 10.5 Å². The molecule has 6 heteroatoms. The van der Waals surface area contributed by atoms with Crippen LogP contribution < -0.4 is 0 Å². The number of benzene rings is 1. The van der Waals surface area contributed by atoms with Crippen LogP contribution in [0.2, 0.25) is 10.0 Å². The predicted octanol–water partition coefficient (Wildman–Crippen LogP) is 5.35. The van der Waals surface area contributed by atoms with E-state index in [0.29, 0.717) is 5.56 Å². The predicted molar refractivity (Wildman–Crippen MR) is 58.2 cm³/mol. The standard InChI is InChI=1S/C9H5BrCl2F3/c1-2-4-6(11)3-5(9(13,14)15)7(10)8(4)12/h2-3H,1H3. The van der Waals surface area contributed by atoms with Crippen molar-refractivity contribution in [3.63, 3.8) is 0 Å². The van der Waals surface area contributed by atoms with E-state index in [2.05, 4.69) is 15.9 Å². The van der Waals surface area contributed by atoms with E-state index in [-0.39, 0.29) is 14.5 Å². The molecule has 0 N–H and O–H groups in total. The van der Waals surface area contributed by atoms with Crippen LogP contribution >= 0.6 is 39.1 Å². The van der Waals surface area contributed by atoms with Gasteiger partial charge in [0.15, 0.2) is 0 Å². The highest BCUT2D eigenvalue weighted by Gasteiger charge is 2.35. The Kier molecular flexibility index (Phi) is 3.95. The number of hydrogen-bond acceptors (Lipinski definition) is 0. The maximum Gasteiger partial charge on any atom is 0.417 e. The molecule has 1 radical (unpaired) electrons. The number of halogens is 6. The average Bonchev–Trinajstić information content (AvgIpc) is 2.10. The summed E-state index contributed by atoms with van der Waals surface area (Å²) in [7, 11) is 0. The van der Waals surface area contributed by atoms with Crippen molar-refractivity contribution in [1.82, 2.24) is 0 Å². The van der Waals surface area contributed by atoms with Gasteiger partial charge in [0.1, 0.15) is 0 Å². The van der Waals surface area contributed by atoms with Gasteiger partial charge in [-0.15, -0.1) is 0 Å². The molecule has 0 amide bonds. The Balaban J connectivity index is 3.48. The zero-order valence-electron chi connectivity index (χ0n) is 7.42. The first-order chi connectivity index (χ1) is 6.79. The molecule has 0 fully saturated rings. The van der Waals surface area contributed by atoms with Gasteiger partial charge in [0.2, 0.25) is 0 Å². The van der Waals surface area contributed by atoms with Crippen LogP contribution in [0.1, 0.15) is 18.1 Å². The lowest BCUT2D eigenvalue weighted by molar-refractivity contribution is -0.138. The molecule has 0 spiro atoms. The molecule has 1 rings (SSSR count). The van der Waals surface area contributed by atoms with Crippen LogP contribution in [-0.4, -0.2) is 0 Å². The second-order valence-corrected chi connectivity index (χ2v) is 4.31. The van der Waals surface area contributed by atoms with Crippen molar-refractivity contribution in [3.05, 3.63) is 38.1 Å². The summed E-state index contributed by atoms with van der Waals surface area (Å²) in [5.41, 5.74) is -0.485. The van der Waals surface area contributed by atoms with Crippen LogP contribution in [0.4, 0.5) is 13.2 Å². The van der Waals surface area contributed by atoms with Gasteiger partial charge in [0.05, 0.1) is 10.6 Å². The summed E-state index contributed by atoms with van der Waals surface area (Å²) in [5.74, 6) is 0. The third-order valence-corrected chi connectivity index (χ3v) is 3.55. The minimum Gasteiger partial charge on any atom is -0.166 e. The van der Waals surface area contributed by atoms with E-state index in [1.165, 1.54) is 0 Å². The third-order valence-electron chi connectivity index (χ3n) is 1.79. The van der Waals surface area contributed by atoms with Gasteiger partial charge < -0.3 is 0 Å². The fraction of sp³-hybridized carbons (Fsp3) is 0.222. The van der Waals surface area contributed by atoms with Crippen molar-refractivity contribution >= 4 is 39.1 Å². The van der Waals surface area contributed by atoms with E-state index < -0.39 is 11.7 Å². The Morgan fingerprint density at radius 2 is 1.87 bits per heavy atom. The van der Waals surface area contributed by atoms with E-state index in [4.69, 9.17) is 23.2 Å². The molecule has 0 saturated heterocycles. The Bertz CT molecular complexity index is 388. The topological polar surface area (TPSA) is 0 Å². The molecule has 0 aliphatic rings. The van der Waals surface area contributed by atoms with Crippen LogP contribution in [-0.2, 0) is 6.18 Å². The monoisotopic (exact) mass is 319 g/mol. The molecular formula is C9H5BrCl2F3. The lowest BCUT2D eigenvalue weighted by Crippen LogP contribution is -2.07. The quantitative estimate of drug-likeness (QED) is 0.612. The van der Waals surface area contributed by atoms with Crippen LogP contribution in [0, 0.1) is 6.42 Å². The smallest absolute Gasteiger partial charge is 0.166 e. The number of rotatable bonds is 1. The summed E-state index contributed by atoms with van der Waals surface area (Å²) in [4.78, 5) is 0. The first kappa shape index (κ1) is 13.1. The minimum absolute atomic E-state index is 0.0157. The van der Waals surface area contributed by atoms with Crippen molar-refractivity contribution in [1.29, 1.82) is 0 Å². The lowest BCUT2D eigenvalue weighted by atomic mass is 10.1. The van der Waals surface area contributed by atoms with Gasteiger partial charge in [-0.05, 0) is 34.0 Å². The molecule has 0 unspecified atom stereocenters. The fourth-order valence-electron chi connectivity index (χ4n) is 1.08. The normalized spacial score (nSPS) is 11.9. The first-order valence-electron chi connectivity index (χ1n) is 3.83. The molecule has 0 aliphatic carbocycles. The van der Waals surface area contributed by atoms with Crippen molar-refractivity contribution in [2.24, 2.45) is 0 Å². The summed E-state index contributed by atoms with van der Waals surface area (Å²) in [5, 5.41) is -0.0460. The highest BCUT2D eigenvalue weighted by molar-refractivity contribution is 9.10. The molecule has 0 aromatic heterocycles. The minimum atomic E-state index is -4.47.